The third-order valence-corrected chi connectivity index (χ3v) is 2.79. The Morgan fingerprint density at radius 1 is 1.21 bits per heavy atom. The van der Waals surface area contributed by atoms with Gasteiger partial charge in [-0.05, 0) is 18.6 Å². The van der Waals surface area contributed by atoms with Crippen LogP contribution in [-0.4, -0.2) is 4.92 Å². The highest BCUT2D eigenvalue weighted by Crippen LogP contribution is 2.35. The fourth-order valence-electron chi connectivity index (χ4n) is 1.80. The first kappa shape index (κ1) is 13.0. The van der Waals surface area contributed by atoms with Gasteiger partial charge < -0.3 is 10.5 Å². The summed E-state index contributed by atoms with van der Waals surface area (Å²) in [6.45, 7) is 2.09. The van der Waals surface area contributed by atoms with E-state index in [-0.39, 0.29) is 11.4 Å². The van der Waals surface area contributed by atoms with Crippen molar-refractivity contribution in [3.05, 3.63) is 63.7 Å². The summed E-state index contributed by atoms with van der Waals surface area (Å²) in [5.41, 5.74) is 7.09. The second-order valence-electron chi connectivity index (χ2n) is 4.09. The minimum absolute atomic E-state index is 0.0492. The van der Waals surface area contributed by atoms with E-state index >= 15 is 0 Å². The van der Waals surface area contributed by atoms with Gasteiger partial charge in [0.05, 0.1) is 4.92 Å². The van der Waals surface area contributed by atoms with E-state index in [2.05, 4.69) is 0 Å². The molecule has 2 aromatic rings. The van der Waals surface area contributed by atoms with Crippen LogP contribution in [0.4, 0.5) is 5.69 Å². The summed E-state index contributed by atoms with van der Waals surface area (Å²) < 4.78 is 5.70. The van der Waals surface area contributed by atoms with Gasteiger partial charge in [-0.15, -0.1) is 0 Å². The normalized spacial score (nSPS) is 10.2. The molecule has 98 valence electrons. The molecule has 0 unspecified atom stereocenters. The van der Waals surface area contributed by atoms with Crippen molar-refractivity contribution in [3.8, 4) is 11.5 Å². The summed E-state index contributed by atoms with van der Waals surface area (Å²) in [6, 6.07) is 12.1. The zero-order valence-corrected chi connectivity index (χ0v) is 10.5. The lowest BCUT2D eigenvalue weighted by atomic mass is 10.1. The molecule has 0 heterocycles. The van der Waals surface area contributed by atoms with E-state index in [4.69, 9.17) is 10.5 Å². The highest BCUT2D eigenvalue weighted by Gasteiger charge is 2.18. The maximum atomic E-state index is 11.0. The van der Waals surface area contributed by atoms with Crippen LogP contribution in [0.15, 0.2) is 42.5 Å². The van der Waals surface area contributed by atoms with Crippen LogP contribution < -0.4 is 10.5 Å². The standard InChI is InChI=1S/C14H14N2O3/c1-10-5-4-7-12(16(17)18)14(10)19-13-8-3-2-6-11(13)9-15/h2-8H,9,15H2,1H3. The quantitative estimate of drug-likeness (QED) is 0.675. The molecule has 0 bridgehead atoms. The maximum Gasteiger partial charge on any atom is 0.311 e. The number of ether oxygens (including phenoxy) is 1. The fraction of sp³-hybridized carbons (Fsp3) is 0.143. The zero-order valence-electron chi connectivity index (χ0n) is 10.5. The van der Waals surface area contributed by atoms with Gasteiger partial charge in [0.2, 0.25) is 5.75 Å². The van der Waals surface area contributed by atoms with Gasteiger partial charge in [0, 0.05) is 18.2 Å². The highest BCUT2D eigenvalue weighted by molar-refractivity contribution is 5.53. The molecule has 0 fully saturated rings. The Balaban J connectivity index is 2.46. The Bertz CT molecular complexity index is 611. The number of nitro groups is 1. The molecule has 2 rings (SSSR count). The van der Waals surface area contributed by atoms with Gasteiger partial charge in [-0.3, -0.25) is 10.1 Å². The van der Waals surface area contributed by atoms with Gasteiger partial charge in [-0.2, -0.15) is 0 Å². The number of para-hydroxylation sites is 2. The van der Waals surface area contributed by atoms with E-state index in [1.165, 1.54) is 6.07 Å². The van der Waals surface area contributed by atoms with Gasteiger partial charge in [-0.1, -0.05) is 30.3 Å². The summed E-state index contributed by atoms with van der Waals surface area (Å²) >= 11 is 0. The van der Waals surface area contributed by atoms with Crippen LogP contribution in [0, 0.1) is 17.0 Å². The molecule has 5 nitrogen and oxygen atoms in total. The summed E-state index contributed by atoms with van der Waals surface area (Å²) in [6.07, 6.45) is 0. The molecule has 0 aliphatic carbocycles. The number of benzene rings is 2. The molecule has 2 N–H and O–H groups in total. The lowest BCUT2D eigenvalue weighted by molar-refractivity contribution is -0.385. The van der Waals surface area contributed by atoms with Crippen molar-refractivity contribution in [2.75, 3.05) is 0 Å². The minimum atomic E-state index is -0.451. The van der Waals surface area contributed by atoms with Gasteiger partial charge in [-0.25, -0.2) is 0 Å². The number of nitrogens with zero attached hydrogens (tertiary/aromatic N) is 1. The summed E-state index contributed by atoms with van der Waals surface area (Å²) in [5.74, 6) is 0.802. The van der Waals surface area contributed by atoms with Crippen LogP contribution in [-0.2, 0) is 6.54 Å². The van der Waals surface area contributed by atoms with E-state index in [9.17, 15) is 10.1 Å². The van der Waals surface area contributed by atoms with E-state index in [0.717, 1.165) is 5.56 Å². The molecule has 0 spiro atoms. The molecular weight excluding hydrogens is 244 g/mol. The molecule has 0 saturated heterocycles. The Morgan fingerprint density at radius 2 is 1.95 bits per heavy atom. The van der Waals surface area contributed by atoms with E-state index in [0.29, 0.717) is 17.9 Å². The SMILES string of the molecule is Cc1cccc([N+](=O)[O-])c1Oc1ccccc1CN. The van der Waals surface area contributed by atoms with Crippen molar-refractivity contribution >= 4 is 5.69 Å². The third-order valence-electron chi connectivity index (χ3n) is 2.79. The van der Waals surface area contributed by atoms with Crippen molar-refractivity contribution in [1.82, 2.24) is 0 Å². The van der Waals surface area contributed by atoms with Crippen LogP contribution >= 0.6 is 0 Å². The van der Waals surface area contributed by atoms with Crippen molar-refractivity contribution in [3.63, 3.8) is 0 Å². The van der Waals surface area contributed by atoms with E-state index in [1.807, 2.05) is 12.1 Å². The molecule has 0 radical (unpaired) electrons. The maximum absolute atomic E-state index is 11.0. The molecule has 0 atom stereocenters. The molecule has 2 aromatic carbocycles. The largest absolute Gasteiger partial charge is 0.450 e. The highest BCUT2D eigenvalue weighted by atomic mass is 16.6. The van der Waals surface area contributed by atoms with Crippen molar-refractivity contribution in [1.29, 1.82) is 0 Å². The average molecular weight is 258 g/mol. The molecule has 19 heavy (non-hydrogen) atoms. The number of hydrogen-bond donors (Lipinski definition) is 1. The van der Waals surface area contributed by atoms with Crippen LogP contribution in [0.5, 0.6) is 11.5 Å². The van der Waals surface area contributed by atoms with Gasteiger partial charge in [0.25, 0.3) is 0 Å². The number of rotatable bonds is 4. The van der Waals surface area contributed by atoms with Crippen molar-refractivity contribution < 1.29 is 9.66 Å². The lowest BCUT2D eigenvalue weighted by Gasteiger charge is -2.11. The fourth-order valence-corrected chi connectivity index (χ4v) is 1.80. The van der Waals surface area contributed by atoms with Gasteiger partial charge >= 0.3 is 5.69 Å². The minimum Gasteiger partial charge on any atom is -0.450 e. The smallest absolute Gasteiger partial charge is 0.311 e. The van der Waals surface area contributed by atoms with E-state index < -0.39 is 4.92 Å². The third kappa shape index (κ3) is 2.71. The Hall–Kier alpha value is -2.40. The predicted octanol–water partition coefficient (Wildman–Crippen LogP) is 3.15. The molecule has 0 aromatic heterocycles. The Morgan fingerprint density at radius 3 is 2.63 bits per heavy atom. The average Bonchev–Trinajstić information content (AvgIpc) is 2.41. The second-order valence-corrected chi connectivity index (χ2v) is 4.09. The van der Waals surface area contributed by atoms with Crippen molar-refractivity contribution in [2.24, 2.45) is 5.73 Å². The topological polar surface area (TPSA) is 78.4 Å². The van der Waals surface area contributed by atoms with E-state index in [1.54, 1.807) is 31.2 Å². The van der Waals surface area contributed by atoms with Crippen LogP contribution in [0.2, 0.25) is 0 Å². The number of aryl methyl sites for hydroxylation is 1. The molecule has 0 saturated carbocycles. The van der Waals surface area contributed by atoms with Crippen molar-refractivity contribution in [2.45, 2.75) is 13.5 Å². The molecule has 0 aliphatic rings. The lowest BCUT2D eigenvalue weighted by Crippen LogP contribution is -2.01. The number of hydrogen-bond acceptors (Lipinski definition) is 4. The van der Waals surface area contributed by atoms with Crippen LogP contribution in [0.3, 0.4) is 0 Å². The zero-order chi connectivity index (χ0) is 13.8. The molecular formula is C14H14N2O3. The first-order valence-corrected chi connectivity index (χ1v) is 5.83. The van der Waals surface area contributed by atoms with Gasteiger partial charge in [0.1, 0.15) is 5.75 Å². The molecule has 0 amide bonds. The monoisotopic (exact) mass is 258 g/mol. The molecule has 5 heteroatoms. The summed E-state index contributed by atoms with van der Waals surface area (Å²) in [5, 5.41) is 11.0. The summed E-state index contributed by atoms with van der Waals surface area (Å²) in [7, 11) is 0. The Labute approximate surface area is 110 Å². The Kier molecular flexibility index (Phi) is 3.77. The van der Waals surface area contributed by atoms with Crippen LogP contribution in [0.1, 0.15) is 11.1 Å². The first-order valence-electron chi connectivity index (χ1n) is 5.83. The second kappa shape index (κ2) is 5.49. The predicted molar refractivity (Wildman–Crippen MR) is 72.2 cm³/mol. The van der Waals surface area contributed by atoms with Gasteiger partial charge in [0.15, 0.2) is 0 Å². The first-order chi connectivity index (χ1) is 9.13. The molecule has 0 aliphatic heterocycles. The summed E-state index contributed by atoms with van der Waals surface area (Å²) in [4.78, 5) is 10.6. The van der Waals surface area contributed by atoms with Crippen LogP contribution in [0.25, 0.3) is 0 Å². The number of nitro benzene ring substituents is 1. The number of nitrogens with two attached hydrogens (primary N) is 1.